The van der Waals surface area contributed by atoms with Crippen molar-refractivity contribution in [1.29, 1.82) is 0 Å². The van der Waals surface area contributed by atoms with E-state index >= 15 is 0 Å². The minimum Gasteiger partial charge on any atom is -0.475 e. The Hall–Kier alpha value is -2.12. The van der Waals surface area contributed by atoms with E-state index in [-0.39, 0.29) is 24.7 Å². The van der Waals surface area contributed by atoms with Crippen LogP contribution in [0, 0.1) is 0 Å². The molecule has 0 aromatic carbocycles. The maximum atomic E-state index is 12.6. The maximum Gasteiger partial charge on any atom is 0.269 e. The molecule has 1 N–H and O–H groups in total. The topological polar surface area (TPSA) is 78.3 Å². The molecule has 134 valence electrons. The third-order valence-corrected chi connectivity index (χ3v) is 4.34. The summed E-state index contributed by atoms with van der Waals surface area (Å²) < 4.78 is 12.9. The fraction of sp³-hybridized carbons (Fsp3) is 0.471. The van der Waals surface area contributed by atoms with E-state index in [0.717, 1.165) is 11.3 Å². The van der Waals surface area contributed by atoms with Crippen LogP contribution in [-0.4, -0.2) is 39.9 Å². The van der Waals surface area contributed by atoms with E-state index in [1.54, 1.807) is 30.1 Å². The largest absolute Gasteiger partial charge is 0.475 e. The highest BCUT2D eigenvalue weighted by molar-refractivity contribution is 6.31. The van der Waals surface area contributed by atoms with E-state index < -0.39 is 0 Å². The van der Waals surface area contributed by atoms with Gasteiger partial charge >= 0.3 is 0 Å². The molecule has 1 aliphatic rings. The number of aryl methyl sites for hydroxylation is 1. The van der Waals surface area contributed by atoms with Crippen LogP contribution < -0.4 is 10.1 Å². The molecule has 0 fully saturated rings. The standard InChI is InChI=1S/C17H21ClN4O3/c1-10-9-12-14(11(2)25-10)21-22(3)15(12)16(23)19-7-8-24-17-13(18)5-4-6-20-17/h4-6,10-11H,7-9H2,1-3H3,(H,19,23)/t10-,11+/m1/s1. The van der Waals surface area contributed by atoms with E-state index in [1.807, 2.05) is 13.8 Å². The number of nitrogens with zero attached hydrogens (tertiary/aromatic N) is 3. The van der Waals surface area contributed by atoms with E-state index in [4.69, 9.17) is 21.1 Å². The molecule has 25 heavy (non-hydrogen) atoms. The molecule has 3 heterocycles. The van der Waals surface area contributed by atoms with Gasteiger partial charge in [0.15, 0.2) is 0 Å². The van der Waals surface area contributed by atoms with Gasteiger partial charge in [-0.05, 0) is 26.0 Å². The number of rotatable bonds is 5. The van der Waals surface area contributed by atoms with Gasteiger partial charge in [0, 0.05) is 25.2 Å². The zero-order valence-corrected chi connectivity index (χ0v) is 15.2. The molecule has 0 unspecified atom stereocenters. The molecular formula is C17H21ClN4O3. The van der Waals surface area contributed by atoms with Gasteiger partial charge in [0.1, 0.15) is 17.3 Å². The molecule has 8 heteroatoms. The minimum atomic E-state index is -0.173. The molecule has 2 atom stereocenters. The van der Waals surface area contributed by atoms with Crippen molar-refractivity contribution in [2.75, 3.05) is 13.2 Å². The van der Waals surface area contributed by atoms with Gasteiger partial charge in [-0.25, -0.2) is 4.98 Å². The van der Waals surface area contributed by atoms with Crippen LogP contribution in [0.25, 0.3) is 0 Å². The highest BCUT2D eigenvalue weighted by atomic mass is 35.5. The molecule has 0 radical (unpaired) electrons. The molecule has 0 spiro atoms. The predicted octanol–water partition coefficient (Wildman–Crippen LogP) is 2.30. The van der Waals surface area contributed by atoms with Crippen molar-refractivity contribution in [3.63, 3.8) is 0 Å². The quantitative estimate of drug-likeness (QED) is 0.823. The van der Waals surface area contributed by atoms with Crippen molar-refractivity contribution in [3.8, 4) is 5.88 Å². The number of amides is 1. The summed E-state index contributed by atoms with van der Waals surface area (Å²) in [6.45, 7) is 4.57. The van der Waals surface area contributed by atoms with Crippen LogP contribution in [0.3, 0.4) is 0 Å². The zero-order valence-electron chi connectivity index (χ0n) is 14.5. The van der Waals surface area contributed by atoms with Gasteiger partial charge in [-0.15, -0.1) is 0 Å². The highest BCUT2D eigenvalue weighted by Crippen LogP contribution is 2.31. The van der Waals surface area contributed by atoms with Gasteiger partial charge in [-0.1, -0.05) is 11.6 Å². The van der Waals surface area contributed by atoms with Crippen LogP contribution in [0.15, 0.2) is 18.3 Å². The molecule has 2 aromatic heterocycles. The normalized spacial score (nSPS) is 19.4. The number of halogens is 1. The van der Waals surface area contributed by atoms with Gasteiger partial charge in [0.2, 0.25) is 5.88 Å². The average molecular weight is 365 g/mol. The summed E-state index contributed by atoms with van der Waals surface area (Å²) in [7, 11) is 1.77. The molecular weight excluding hydrogens is 344 g/mol. The van der Waals surface area contributed by atoms with Crippen LogP contribution in [-0.2, 0) is 18.2 Å². The Kier molecular flexibility index (Phi) is 5.24. The Labute approximate surface area is 151 Å². The number of hydrogen-bond acceptors (Lipinski definition) is 5. The fourth-order valence-corrected chi connectivity index (χ4v) is 3.20. The molecule has 0 saturated carbocycles. The van der Waals surface area contributed by atoms with Crippen LogP contribution in [0.4, 0.5) is 0 Å². The van der Waals surface area contributed by atoms with Gasteiger partial charge < -0.3 is 14.8 Å². The van der Waals surface area contributed by atoms with E-state index in [2.05, 4.69) is 15.4 Å². The number of hydrogen-bond donors (Lipinski definition) is 1. The Morgan fingerprint density at radius 3 is 3.08 bits per heavy atom. The first-order valence-electron chi connectivity index (χ1n) is 8.20. The monoisotopic (exact) mass is 364 g/mol. The predicted molar refractivity (Wildman–Crippen MR) is 92.9 cm³/mol. The van der Waals surface area contributed by atoms with Crippen LogP contribution in [0.1, 0.15) is 41.7 Å². The van der Waals surface area contributed by atoms with E-state index in [0.29, 0.717) is 29.6 Å². The summed E-state index contributed by atoms with van der Waals surface area (Å²) in [5.41, 5.74) is 2.37. The Morgan fingerprint density at radius 1 is 1.52 bits per heavy atom. The SMILES string of the molecule is C[C@@H]1Cc2c(nn(C)c2C(=O)NCCOc2ncccc2Cl)[C@H](C)O1. The molecule has 0 saturated heterocycles. The zero-order chi connectivity index (χ0) is 18.0. The first kappa shape index (κ1) is 17.7. The van der Waals surface area contributed by atoms with Gasteiger partial charge in [-0.2, -0.15) is 5.10 Å². The first-order valence-corrected chi connectivity index (χ1v) is 8.58. The van der Waals surface area contributed by atoms with Crippen LogP contribution >= 0.6 is 11.6 Å². The van der Waals surface area contributed by atoms with E-state index in [9.17, 15) is 4.79 Å². The number of ether oxygens (including phenoxy) is 2. The van der Waals surface area contributed by atoms with Gasteiger partial charge in [-0.3, -0.25) is 9.48 Å². The summed E-state index contributed by atoms with van der Waals surface area (Å²) in [5.74, 6) is 0.185. The maximum absolute atomic E-state index is 12.6. The second-order valence-corrected chi connectivity index (χ2v) is 6.43. The van der Waals surface area contributed by atoms with Crippen molar-refractivity contribution >= 4 is 17.5 Å². The van der Waals surface area contributed by atoms with Crippen LogP contribution in [0.2, 0.25) is 5.02 Å². The summed E-state index contributed by atoms with van der Waals surface area (Å²) in [6.07, 6.45) is 2.23. The number of aromatic nitrogens is 3. The first-order chi connectivity index (χ1) is 12.0. The van der Waals surface area contributed by atoms with Gasteiger partial charge in [0.25, 0.3) is 5.91 Å². The molecule has 0 bridgehead atoms. The van der Waals surface area contributed by atoms with Gasteiger partial charge in [0.05, 0.1) is 24.4 Å². The fourth-order valence-electron chi connectivity index (χ4n) is 3.02. The lowest BCUT2D eigenvalue weighted by Crippen LogP contribution is -2.31. The lowest BCUT2D eigenvalue weighted by atomic mass is 9.99. The van der Waals surface area contributed by atoms with E-state index in [1.165, 1.54) is 0 Å². The van der Waals surface area contributed by atoms with Crippen molar-refractivity contribution in [1.82, 2.24) is 20.1 Å². The van der Waals surface area contributed by atoms with Crippen molar-refractivity contribution in [3.05, 3.63) is 40.3 Å². The summed E-state index contributed by atoms with van der Waals surface area (Å²) in [6, 6.07) is 3.43. The minimum absolute atomic E-state index is 0.0629. The molecule has 7 nitrogen and oxygen atoms in total. The second-order valence-electron chi connectivity index (χ2n) is 6.02. The van der Waals surface area contributed by atoms with Crippen molar-refractivity contribution in [2.45, 2.75) is 32.5 Å². The third-order valence-electron chi connectivity index (χ3n) is 4.06. The van der Waals surface area contributed by atoms with Crippen LogP contribution in [0.5, 0.6) is 5.88 Å². The number of fused-ring (bicyclic) bond motifs is 1. The number of pyridine rings is 1. The molecule has 0 aliphatic carbocycles. The summed E-state index contributed by atoms with van der Waals surface area (Å²) in [5, 5.41) is 7.75. The molecule has 1 aliphatic heterocycles. The second kappa shape index (κ2) is 7.41. The summed E-state index contributed by atoms with van der Waals surface area (Å²) in [4.78, 5) is 16.6. The smallest absolute Gasteiger partial charge is 0.269 e. The lowest BCUT2D eigenvalue weighted by Gasteiger charge is -2.24. The molecule has 3 rings (SSSR count). The highest BCUT2D eigenvalue weighted by Gasteiger charge is 2.31. The van der Waals surface area contributed by atoms with Crippen molar-refractivity contribution < 1.29 is 14.3 Å². The number of nitrogens with one attached hydrogen (secondary N) is 1. The number of carbonyl (C=O) groups excluding carboxylic acids is 1. The Balaban J connectivity index is 1.62. The molecule has 1 amide bonds. The Bertz CT molecular complexity index is 777. The number of carbonyl (C=O) groups is 1. The average Bonchev–Trinajstić information content (AvgIpc) is 2.89. The molecule has 2 aromatic rings. The Morgan fingerprint density at radius 2 is 2.32 bits per heavy atom. The third kappa shape index (κ3) is 3.77. The lowest BCUT2D eigenvalue weighted by molar-refractivity contribution is -0.00710. The summed E-state index contributed by atoms with van der Waals surface area (Å²) >= 11 is 5.98. The van der Waals surface area contributed by atoms with Crippen molar-refractivity contribution in [2.24, 2.45) is 7.05 Å².